The number of halogens is 1. The molecular formula is C16H17ClN4O. The van der Waals surface area contributed by atoms with Crippen LogP contribution >= 0.6 is 11.6 Å². The first-order chi connectivity index (χ1) is 10.8. The monoisotopic (exact) mass is 316 g/mol. The summed E-state index contributed by atoms with van der Waals surface area (Å²) in [5, 5.41) is 0.555. The second-order valence-electron chi connectivity index (χ2n) is 5.86. The lowest BCUT2D eigenvalue weighted by molar-refractivity contribution is 0.225. The van der Waals surface area contributed by atoms with Gasteiger partial charge >= 0.3 is 0 Å². The summed E-state index contributed by atoms with van der Waals surface area (Å²) in [5.41, 5.74) is 1.17. The average Bonchev–Trinajstić information content (AvgIpc) is 3.29. The Kier molecular flexibility index (Phi) is 3.58. The number of aromatic nitrogens is 3. The molecule has 0 bridgehead atoms. The Balaban J connectivity index is 1.44. The number of ether oxygens (including phenoxy) is 1. The summed E-state index contributed by atoms with van der Waals surface area (Å²) in [6.45, 7) is 1.76. The summed E-state index contributed by atoms with van der Waals surface area (Å²) in [4.78, 5) is 15.0. The molecule has 1 saturated carbocycles. The van der Waals surface area contributed by atoms with Crippen molar-refractivity contribution in [1.29, 1.82) is 0 Å². The summed E-state index contributed by atoms with van der Waals surface area (Å²) in [6, 6.07) is 3.93. The van der Waals surface area contributed by atoms with Gasteiger partial charge in [0.15, 0.2) is 0 Å². The molecule has 2 aliphatic rings. The summed E-state index contributed by atoms with van der Waals surface area (Å²) >= 11 is 6.10. The van der Waals surface area contributed by atoms with Gasteiger partial charge in [0.25, 0.3) is 0 Å². The predicted octanol–water partition coefficient (Wildman–Crippen LogP) is 3.06. The molecule has 1 atom stereocenters. The first-order valence-corrected chi connectivity index (χ1v) is 8.00. The molecule has 22 heavy (non-hydrogen) atoms. The third kappa shape index (κ3) is 2.86. The summed E-state index contributed by atoms with van der Waals surface area (Å²) in [6.07, 6.45) is 8.57. The Bertz CT molecular complexity index is 677. The topological polar surface area (TPSA) is 51.1 Å². The van der Waals surface area contributed by atoms with Crippen LogP contribution in [0.25, 0.3) is 0 Å². The third-order valence-electron chi connectivity index (χ3n) is 4.17. The molecule has 6 heteroatoms. The Hall–Kier alpha value is -1.88. The second kappa shape index (κ2) is 5.72. The van der Waals surface area contributed by atoms with Crippen LogP contribution in [-0.4, -0.2) is 34.1 Å². The summed E-state index contributed by atoms with van der Waals surface area (Å²) in [7, 11) is 0. The highest BCUT2D eigenvalue weighted by atomic mass is 35.5. The van der Waals surface area contributed by atoms with E-state index in [0.717, 1.165) is 25.3 Å². The van der Waals surface area contributed by atoms with Crippen molar-refractivity contribution in [1.82, 2.24) is 15.0 Å². The van der Waals surface area contributed by atoms with Crippen molar-refractivity contribution in [3.05, 3.63) is 41.6 Å². The molecule has 0 N–H and O–H groups in total. The smallest absolute Gasteiger partial charge is 0.141 e. The van der Waals surface area contributed by atoms with Crippen LogP contribution in [0.4, 0.5) is 5.82 Å². The van der Waals surface area contributed by atoms with Crippen LogP contribution in [0.1, 0.15) is 30.9 Å². The lowest BCUT2D eigenvalue weighted by Crippen LogP contribution is -2.25. The van der Waals surface area contributed by atoms with Gasteiger partial charge in [-0.05, 0) is 12.8 Å². The van der Waals surface area contributed by atoms with Gasteiger partial charge in [-0.15, -0.1) is 0 Å². The van der Waals surface area contributed by atoms with E-state index in [1.807, 2.05) is 0 Å². The van der Waals surface area contributed by atoms with Gasteiger partial charge < -0.3 is 9.64 Å². The van der Waals surface area contributed by atoms with E-state index in [2.05, 4.69) is 25.9 Å². The van der Waals surface area contributed by atoms with Crippen LogP contribution in [0.2, 0.25) is 5.02 Å². The van der Waals surface area contributed by atoms with Gasteiger partial charge in [-0.1, -0.05) is 11.6 Å². The highest BCUT2D eigenvalue weighted by Crippen LogP contribution is 2.39. The van der Waals surface area contributed by atoms with Crippen LogP contribution in [0.15, 0.2) is 30.9 Å². The molecular weight excluding hydrogens is 300 g/mol. The highest BCUT2D eigenvalue weighted by Gasteiger charge is 2.28. The average molecular weight is 317 g/mol. The van der Waals surface area contributed by atoms with Crippen LogP contribution in [0.3, 0.4) is 0 Å². The van der Waals surface area contributed by atoms with Crippen molar-refractivity contribution in [3.8, 4) is 5.75 Å². The zero-order chi connectivity index (χ0) is 14.9. The molecule has 0 aromatic carbocycles. The van der Waals surface area contributed by atoms with Crippen LogP contribution in [0.5, 0.6) is 5.75 Å². The van der Waals surface area contributed by atoms with Crippen molar-refractivity contribution in [3.63, 3.8) is 0 Å². The van der Waals surface area contributed by atoms with E-state index in [1.165, 1.54) is 18.5 Å². The van der Waals surface area contributed by atoms with Gasteiger partial charge in [0.2, 0.25) is 0 Å². The first kappa shape index (κ1) is 13.8. The van der Waals surface area contributed by atoms with E-state index < -0.39 is 0 Å². The van der Waals surface area contributed by atoms with Gasteiger partial charge in [0.1, 0.15) is 29.0 Å². The maximum Gasteiger partial charge on any atom is 0.141 e. The highest BCUT2D eigenvalue weighted by molar-refractivity contribution is 6.31. The largest absolute Gasteiger partial charge is 0.487 e. The molecule has 114 valence electrons. The number of pyridine rings is 1. The number of hydrogen-bond donors (Lipinski definition) is 0. The van der Waals surface area contributed by atoms with Gasteiger partial charge in [-0.2, -0.15) is 0 Å². The standard InChI is InChI=1S/C16H17ClN4O/c17-13-8-18-5-3-15(13)22-12-4-6-21(9-12)16-7-14(11-1-2-11)19-10-20-16/h3,5,7-8,10-12H,1-2,4,6,9H2. The molecule has 2 fully saturated rings. The Labute approximate surface area is 134 Å². The van der Waals surface area contributed by atoms with Crippen molar-refractivity contribution in [2.24, 2.45) is 0 Å². The number of anilines is 1. The predicted molar refractivity (Wildman–Crippen MR) is 84.5 cm³/mol. The minimum Gasteiger partial charge on any atom is -0.487 e. The Morgan fingerprint density at radius 3 is 2.95 bits per heavy atom. The molecule has 0 spiro atoms. The molecule has 2 aromatic heterocycles. The normalized spacial score (nSPS) is 21.1. The van der Waals surface area contributed by atoms with Gasteiger partial charge in [-0.25, -0.2) is 9.97 Å². The SMILES string of the molecule is Clc1cnccc1OC1CCN(c2cc(C3CC3)ncn2)C1. The van der Waals surface area contributed by atoms with E-state index in [9.17, 15) is 0 Å². The van der Waals surface area contributed by atoms with Gasteiger partial charge in [0.05, 0.1) is 6.54 Å². The fourth-order valence-electron chi connectivity index (χ4n) is 2.81. The first-order valence-electron chi connectivity index (χ1n) is 7.62. The molecule has 1 aliphatic heterocycles. The molecule has 5 nitrogen and oxygen atoms in total. The molecule has 1 unspecified atom stereocenters. The van der Waals surface area contributed by atoms with Crippen LogP contribution in [0, 0.1) is 0 Å². The zero-order valence-electron chi connectivity index (χ0n) is 12.2. The Morgan fingerprint density at radius 1 is 1.23 bits per heavy atom. The molecule has 4 rings (SSSR count). The molecule has 0 amide bonds. The molecule has 0 radical (unpaired) electrons. The molecule has 2 aromatic rings. The van der Waals surface area contributed by atoms with E-state index in [1.54, 1.807) is 24.8 Å². The quantitative estimate of drug-likeness (QED) is 0.867. The van der Waals surface area contributed by atoms with Crippen molar-refractivity contribution in [2.45, 2.75) is 31.3 Å². The van der Waals surface area contributed by atoms with E-state index in [0.29, 0.717) is 16.7 Å². The molecule has 1 aliphatic carbocycles. The summed E-state index contributed by atoms with van der Waals surface area (Å²) in [5.74, 6) is 2.35. The third-order valence-corrected chi connectivity index (χ3v) is 4.45. The summed E-state index contributed by atoms with van der Waals surface area (Å²) < 4.78 is 5.99. The minimum atomic E-state index is 0.124. The van der Waals surface area contributed by atoms with Crippen LogP contribution in [-0.2, 0) is 0 Å². The Morgan fingerprint density at radius 2 is 2.14 bits per heavy atom. The fraction of sp³-hybridized carbons (Fsp3) is 0.438. The fourth-order valence-corrected chi connectivity index (χ4v) is 2.97. The maximum atomic E-state index is 6.10. The lowest BCUT2D eigenvalue weighted by Gasteiger charge is -2.18. The number of nitrogens with zero attached hydrogens (tertiary/aromatic N) is 4. The van der Waals surface area contributed by atoms with Gasteiger partial charge in [-0.3, -0.25) is 4.98 Å². The van der Waals surface area contributed by atoms with Crippen LogP contribution < -0.4 is 9.64 Å². The minimum absolute atomic E-state index is 0.124. The van der Waals surface area contributed by atoms with Crippen molar-refractivity contribution < 1.29 is 4.74 Å². The second-order valence-corrected chi connectivity index (χ2v) is 6.26. The van der Waals surface area contributed by atoms with Crippen molar-refractivity contribution >= 4 is 17.4 Å². The van der Waals surface area contributed by atoms with E-state index in [-0.39, 0.29) is 6.10 Å². The zero-order valence-corrected chi connectivity index (χ0v) is 12.9. The van der Waals surface area contributed by atoms with E-state index in [4.69, 9.17) is 16.3 Å². The number of hydrogen-bond acceptors (Lipinski definition) is 5. The maximum absolute atomic E-state index is 6.10. The van der Waals surface area contributed by atoms with E-state index >= 15 is 0 Å². The van der Waals surface area contributed by atoms with Crippen molar-refractivity contribution in [2.75, 3.05) is 18.0 Å². The molecule has 1 saturated heterocycles. The van der Waals surface area contributed by atoms with Gasteiger partial charge in [0, 0.05) is 49.1 Å². The molecule has 3 heterocycles. The lowest BCUT2D eigenvalue weighted by atomic mass is 10.3. The number of rotatable bonds is 4.